The largest absolute Gasteiger partial charge is 0.496 e. The summed E-state index contributed by atoms with van der Waals surface area (Å²) in [5, 5.41) is 7.30. The Bertz CT molecular complexity index is 1040. The predicted octanol–water partition coefficient (Wildman–Crippen LogP) is 3.21. The molecule has 0 aliphatic heterocycles. The van der Waals surface area contributed by atoms with E-state index in [4.69, 9.17) is 9.47 Å². The highest BCUT2D eigenvalue weighted by molar-refractivity contribution is 5.94. The lowest BCUT2D eigenvalue weighted by Gasteiger charge is -2.11. The molecular formula is C22H23N3O4. The van der Waals surface area contributed by atoms with Crippen LogP contribution < -0.4 is 10.1 Å². The Kier molecular flexibility index (Phi) is 5.97. The van der Waals surface area contributed by atoms with Crippen molar-refractivity contribution in [3.05, 3.63) is 76.6 Å². The van der Waals surface area contributed by atoms with Crippen molar-refractivity contribution >= 4 is 11.9 Å². The predicted molar refractivity (Wildman–Crippen MR) is 109 cm³/mol. The van der Waals surface area contributed by atoms with E-state index in [0.29, 0.717) is 16.9 Å². The molecule has 1 heterocycles. The van der Waals surface area contributed by atoms with Gasteiger partial charge in [-0.05, 0) is 61.9 Å². The molecule has 0 aliphatic rings. The lowest BCUT2D eigenvalue weighted by molar-refractivity contribution is 0.0597. The summed E-state index contributed by atoms with van der Waals surface area (Å²) in [6.07, 6.45) is 0. The number of methoxy groups -OCH3 is 2. The fourth-order valence-corrected chi connectivity index (χ4v) is 3.06. The minimum absolute atomic E-state index is 0.208. The van der Waals surface area contributed by atoms with Crippen LogP contribution in [0, 0.1) is 13.8 Å². The highest BCUT2D eigenvalue weighted by Crippen LogP contribution is 2.21. The van der Waals surface area contributed by atoms with Gasteiger partial charge in [-0.15, -0.1) is 0 Å². The molecule has 0 saturated heterocycles. The summed E-state index contributed by atoms with van der Waals surface area (Å²) in [6.45, 7) is 4.19. The molecule has 2 aromatic carbocycles. The number of rotatable bonds is 6. The van der Waals surface area contributed by atoms with Crippen molar-refractivity contribution in [3.63, 3.8) is 0 Å². The van der Waals surface area contributed by atoms with Crippen molar-refractivity contribution in [3.8, 4) is 11.4 Å². The molecule has 1 N–H and O–H groups in total. The van der Waals surface area contributed by atoms with Crippen molar-refractivity contribution < 1.29 is 19.1 Å². The molecule has 0 aliphatic carbocycles. The molecule has 7 nitrogen and oxygen atoms in total. The van der Waals surface area contributed by atoms with E-state index < -0.39 is 5.97 Å². The van der Waals surface area contributed by atoms with Gasteiger partial charge in [0, 0.05) is 17.8 Å². The molecule has 3 rings (SSSR count). The molecule has 29 heavy (non-hydrogen) atoms. The molecule has 1 amide bonds. The standard InChI is InChI=1S/C22H23N3O4/c1-14-11-15(2)25(24-14)18-8-6-17(7-9-18)21(26)23-13-16-5-10-20(28-3)19(12-16)22(27)29-4/h5-12H,13H2,1-4H3,(H,23,26). The van der Waals surface area contributed by atoms with E-state index in [-0.39, 0.29) is 12.5 Å². The minimum Gasteiger partial charge on any atom is -0.496 e. The summed E-state index contributed by atoms with van der Waals surface area (Å²) in [5.74, 6) is -0.276. The highest BCUT2D eigenvalue weighted by atomic mass is 16.5. The van der Waals surface area contributed by atoms with Crippen LogP contribution in [0.3, 0.4) is 0 Å². The van der Waals surface area contributed by atoms with Crippen LogP contribution in [0.1, 0.15) is 37.7 Å². The summed E-state index contributed by atoms with van der Waals surface area (Å²) < 4.78 is 11.8. The van der Waals surface area contributed by atoms with Crippen molar-refractivity contribution in [2.45, 2.75) is 20.4 Å². The fraction of sp³-hybridized carbons (Fsp3) is 0.227. The van der Waals surface area contributed by atoms with Crippen molar-refractivity contribution in [1.29, 1.82) is 0 Å². The SMILES string of the molecule is COC(=O)c1cc(CNC(=O)c2ccc(-n3nc(C)cc3C)cc2)ccc1OC. The zero-order valence-electron chi connectivity index (χ0n) is 16.9. The van der Waals surface area contributed by atoms with E-state index in [1.54, 1.807) is 30.3 Å². The van der Waals surface area contributed by atoms with Gasteiger partial charge >= 0.3 is 5.97 Å². The molecule has 1 aromatic heterocycles. The summed E-state index contributed by atoms with van der Waals surface area (Å²) in [5.41, 5.74) is 4.48. The lowest BCUT2D eigenvalue weighted by Crippen LogP contribution is -2.23. The Balaban J connectivity index is 1.69. The van der Waals surface area contributed by atoms with E-state index in [9.17, 15) is 9.59 Å². The van der Waals surface area contributed by atoms with Crippen LogP contribution in [0.25, 0.3) is 5.69 Å². The number of ether oxygens (including phenoxy) is 2. The van der Waals surface area contributed by atoms with Gasteiger partial charge < -0.3 is 14.8 Å². The van der Waals surface area contributed by atoms with E-state index in [0.717, 1.165) is 22.6 Å². The molecule has 0 fully saturated rings. The van der Waals surface area contributed by atoms with Gasteiger partial charge in [0.2, 0.25) is 0 Å². The second kappa shape index (κ2) is 8.60. The van der Waals surface area contributed by atoms with Crippen molar-refractivity contribution in [1.82, 2.24) is 15.1 Å². The van der Waals surface area contributed by atoms with Gasteiger partial charge in [-0.2, -0.15) is 5.10 Å². The first-order valence-corrected chi connectivity index (χ1v) is 9.10. The number of carbonyl (C=O) groups excluding carboxylic acids is 2. The van der Waals surface area contributed by atoms with Gasteiger partial charge in [0.1, 0.15) is 11.3 Å². The third-order valence-electron chi connectivity index (χ3n) is 4.51. The fourth-order valence-electron chi connectivity index (χ4n) is 3.06. The van der Waals surface area contributed by atoms with Gasteiger partial charge in [0.15, 0.2) is 0 Å². The van der Waals surface area contributed by atoms with E-state index in [1.807, 2.05) is 36.7 Å². The Labute approximate surface area is 169 Å². The smallest absolute Gasteiger partial charge is 0.341 e. The number of aromatic nitrogens is 2. The molecule has 0 atom stereocenters. The Hall–Kier alpha value is -3.61. The normalized spacial score (nSPS) is 10.5. The molecule has 0 radical (unpaired) electrons. The third-order valence-corrected chi connectivity index (χ3v) is 4.51. The Morgan fingerprint density at radius 2 is 1.76 bits per heavy atom. The first-order chi connectivity index (χ1) is 13.9. The molecule has 3 aromatic rings. The van der Waals surface area contributed by atoms with E-state index in [2.05, 4.69) is 10.4 Å². The van der Waals surface area contributed by atoms with Crippen LogP contribution >= 0.6 is 0 Å². The summed E-state index contributed by atoms with van der Waals surface area (Å²) >= 11 is 0. The number of benzene rings is 2. The Morgan fingerprint density at radius 1 is 1.03 bits per heavy atom. The quantitative estimate of drug-likeness (QED) is 0.650. The summed E-state index contributed by atoms with van der Waals surface area (Å²) in [7, 11) is 2.80. The van der Waals surface area contributed by atoms with Crippen LogP contribution in [0.15, 0.2) is 48.5 Å². The first kappa shape index (κ1) is 20.1. The number of carbonyl (C=O) groups is 2. The van der Waals surface area contributed by atoms with Crippen LogP contribution in [0.4, 0.5) is 0 Å². The topological polar surface area (TPSA) is 82.5 Å². The number of hydrogen-bond donors (Lipinski definition) is 1. The van der Waals surface area contributed by atoms with Gasteiger partial charge in [-0.3, -0.25) is 4.79 Å². The number of nitrogens with zero attached hydrogens (tertiary/aromatic N) is 2. The first-order valence-electron chi connectivity index (χ1n) is 9.10. The Morgan fingerprint density at radius 3 is 2.34 bits per heavy atom. The number of esters is 1. The van der Waals surface area contributed by atoms with Crippen LogP contribution in [-0.4, -0.2) is 35.9 Å². The third kappa shape index (κ3) is 4.45. The molecule has 0 unspecified atom stereocenters. The highest BCUT2D eigenvalue weighted by Gasteiger charge is 2.14. The summed E-state index contributed by atoms with van der Waals surface area (Å²) in [4.78, 5) is 24.4. The van der Waals surface area contributed by atoms with Gasteiger partial charge in [0.05, 0.1) is 25.6 Å². The summed E-state index contributed by atoms with van der Waals surface area (Å²) in [6, 6.07) is 14.3. The van der Waals surface area contributed by atoms with Crippen LogP contribution in [-0.2, 0) is 11.3 Å². The number of nitrogens with one attached hydrogen (secondary N) is 1. The number of amides is 1. The lowest BCUT2D eigenvalue weighted by atomic mass is 10.1. The maximum absolute atomic E-state index is 12.5. The zero-order valence-corrected chi connectivity index (χ0v) is 16.9. The van der Waals surface area contributed by atoms with Crippen LogP contribution in [0.2, 0.25) is 0 Å². The number of hydrogen-bond acceptors (Lipinski definition) is 5. The second-order valence-electron chi connectivity index (χ2n) is 6.59. The molecule has 0 spiro atoms. The molecule has 150 valence electrons. The molecule has 7 heteroatoms. The van der Waals surface area contributed by atoms with Gasteiger partial charge in [-0.1, -0.05) is 6.07 Å². The van der Waals surface area contributed by atoms with Crippen molar-refractivity contribution in [2.75, 3.05) is 14.2 Å². The number of aryl methyl sites for hydroxylation is 2. The van der Waals surface area contributed by atoms with Gasteiger partial charge in [-0.25, -0.2) is 9.48 Å². The van der Waals surface area contributed by atoms with Gasteiger partial charge in [0.25, 0.3) is 5.91 Å². The molecule has 0 bridgehead atoms. The maximum Gasteiger partial charge on any atom is 0.341 e. The molecular weight excluding hydrogens is 370 g/mol. The van der Waals surface area contributed by atoms with Crippen molar-refractivity contribution in [2.24, 2.45) is 0 Å². The average molecular weight is 393 g/mol. The molecule has 0 saturated carbocycles. The maximum atomic E-state index is 12.5. The van der Waals surface area contributed by atoms with E-state index in [1.165, 1.54) is 14.2 Å². The minimum atomic E-state index is -0.491. The second-order valence-corrected chi connectivity index (χ2v) is 6.59. The van der Waals surface area contributed by atoms with E-state index >= 15 is 0 Å². The zero-order chi connectivity index (χ0) is 21.0. The van der Waals surface area contributed by atoms with Crippen LogP contribution in [0.5, 0.6) is 5.75 Å². The monoisotopic (exact) mass is 393 g/mol. The average Bonchev–Trinajstić information content (AvgIpc) is 3.09.